The van der Waals surface area contributed by atoms with Crippen LogP contribution in [0.5, 0.6) is 0 Å². The van der Waals surface area contributed by atoms with E-state index in [-0.39, 0.29) is 1.43 Å². The Labute approximate surface area is 46.9 Å². The Morgan fingerprint density at radius 2 is 2.43 bits per heavy atom. The molecule has 0 aliphatic carbocycles. The summed E-state index contributed by atoms with van der Waals surface area (Å²) in [5.41, 5.74) is 0. The third kappa shape index (κ3) is 5.70. The van der Waals surface area contributed by atoms with Gasteiger partial charge in [0.15, 0.2) is 0 Å². The molecule has 0 atom stereocenters. The molecule has 0 fully saturated rings. The van der Waals surface area contributed by atoms with Crippen LogP contribution in [0.25, 0.3) is 0 Å². The molecule has 0 aromatic carbocycles. The van der Waals surface area contributed by atoms with E-state index in [2.05, 4.69) is 25.7 Å². The molecule has 0 aromatic rings. The fraction of sp³-hybridized carbons (Fsp3) is 0.667. The summed E-state index contributed by atoms with van der Waals surface area (Å²) in [7, 11) is 0. The minimum Gasteiger partial charge on any atom is -0.311 e. The molecule has 0 heterocycles. The molecule has 0 saturated carbocycles. The maximum Gasteiger partial charge on any atom is 0.0134 e. The van der Waals surface area contributed by atoms with Crippen molar-refractivity contribution in [3.63, 3.8) is 0 Å². The van der Waals surface area contributed by atoms with Crippen molar-refractivity contribution in [3.8, 4) is 0 Å². The monoisotopic (exact) mass is 101 g/mol. The Morgan fingerprint density at radius 3 is 2.57 bits per heavy atom. The maximum absolute atomic E-state index is 3.57. The average Bonchev–Trinajstić information content (AvgIpc) is 1.61. The predicted octanol–water partition coefficient (Wildman–Crippen LogP) is 1.42. The second-order valence-corrected chi connectivity index (χ2v) is 1.85. The minimum absolute atomic E-state index is 0. The van der Waals surface area contributed by atoms with Crippen LogP contribution in [0.4, 0.5) is 0 Å². The third-order valence-electron chi connectivity index (χ3n) is 0.670. The highest BCUT2D eigenvalue weighted by atomic mass is 14.9. The zero-order valence-corrected chi connectivity index (χ0v) is 5.07. The van der Waals surface area contributed by atoms with E-state index in [9.17, 15) is 0 Å². The number of hydrogen-bond acceptors (Lipinski definition) is 1. The van der Waals surface area contributed by atoms with Crippen molar-refractivity contribution in [3.05, 3.63) is 12.7 Å². The second-order valence-electron chi connectivity index (χ2n) is 1.85. The summed E-state index contributed by atoms with van der Waals surface area (Å²) < 4.78 is 0. The normalized spacial score (nSPS) is 9.57. The van der Waals surface area contributed by atoms with Crippen molar-refractivity contribution in [2.45, 2.75) is 19.9 Å². The van der Waals surface area contributed by atoms with E-state index in [1.54, 1.807) is 0 Å². The van der Waals surface area contributed by atoms with E-state index in [0.717, 1.165) is 6.54 Å². The molecule has 0 amide bonds. The van der Waals surface area contributed by atoms with E-state index in [4.69, 9.17) is 0 Å². The molecule has 0 spiro atoms. The van der Waals surface area contributed by atoms with Crippen LogP contribution in [-0.4, -0.2) is 12.6 Å². The van der Waals surface area contributed by atoms with E-state index in [0.29, 0.717) is 6.04 Å². The second kappa shape index (κ2) is 3.88. The van der Waals surface area contributed by atoms with Crippen molar-refractivity contribution in [1.82, 2.24) is 5.32 Å². The van der Waals surface area contributed by atoms with Gasteiger partial charge in [0, 0.05) is 14.0 Å². The van der Waals surface area contributed by atoms with Gasteiger partial charge in [0.25, 0.3) is 0 Å². The highest BCUT2D eigenvalue weighted by Crippen LogP contribution is 1.72. The number of rotatable bonds is 3. The quantitative estimate of drug-likeness (QED) is 0.530. The van der Waals surface area contributed by atoms with Gasteiger partial charge in [0.05, 0.1) is 0 Å². The van der Waals surface area contributed by atoms with E-state index in [1.807, 2.05) is 6.08 Å². The van der Waals surface area contributed by atoms with Gasteiger partial charge in [-0.05, 0) is 0 Å². The molecule has 0 aliphatic rings. The van der Waals surface area contributed by atoms with Crippen molar-refractivity contribution in [1.29, 1.82) is 0 Å². The van der Waals surface area contributed by atoms with Crippen molar-refractivity contribution >= 4 is 0 Å². The Kier molecular flexibility index (Phi) is 3.71. The summed E-state index contributed by atoms with van der Waals surface area (Å²) in [5.74, 6) is 0. The summed E-state index contributed by atoms with van der Waals surface area (Å²) in [4.78, 5) is 0. The third-order valence-corrected chi connectivity index (χ3v) is 0.670. The zero-order valence-electron chi connectivity index (χ0n) is 5.07. The number of hydrogen-bond donors (Lipinski definition) is 1. The summed E-state index contributed by atoms with van der Waals surface area (Å²) >= 11 is 0. The van der Waals surface area contributed by atoms with Crippen LogP contribution >= 0.6 is 0 Å². The lowest BCUT2D eigenvalue weighted by atomic mass is 10.4. The number of nitrogens with one attached hydrogen (secondary N) is 1. The van der Waals surface area contributed by atoms with Crippen molar-refractivity contribution in [2.24, 2.45) is 0 Å². The molecule has 0 bridgehead atoms. The molecular formula is C6H15N. The van der Waals surface area contributed by atoms with Crippen LogP contribution in [0.15, 0.2) is 12.7 Å². The summed E-state index contributed by atoms with van der Waals surface area (Å²) in [5, 5.41) is 3.18. The van der Waals surface area contributed by atoms with Gasteiger partial charge >= 0.3 is 0 Å². The SMILES string of the molecule is C=CCNC(C)C.[HH]. The summed E-state index contributed by atoms with van der Waals surface area (Å²) in [6, 6.07) is 0.581. The van der Waals surface area contributed by atoms with Crippen LogP contribution in [0, 0.1) is 0 Å². The molecule has 0 aliphatic heterocycles. The van der Waals surface area contributed by atoms with Gasteiger partial charge in [0.2, 0.25) is 0 Å². The molecule has 0 radical (unpaired) electrons. The molecule has 0 saturated heterocycles. The topological polar surface area (TPSA) is 12.0 Å². The first-order valence-electron chi connectivity index (χ1n) is 2.61. The average molecular weight is 101 g/mol. The maximum atomic E-state index is 3.57. The molecule has 0 rings (SSSR count). The van der Waals surface area contributed by atoms with Gasteiger partial charge in [-0.15, -0.1) is 6.58 Å². The predicted molar refractivity (Wildman–Crippen MR) is 35.4 cm³/mol. The molecule has 1 nitrogen and oxygen atoms in total. The highest BCUT2D eigenvalue weighted by Gasteiger charge is 1.83. The Bertz CT molecular complexity index is 52.5. The first-order valence-corrected chi connectivity index (χ1v) is 2.61. The largest absolute Gasteiger partial charge is 0.311 e. The fourth-order valence-corrected chi connectivity index (χ4v) is 0.319. The summed E-state index contributed by atoms with van der Waals surface area (Å²) in [6.07, 6.45) is 1.86. The lowest BCUT2D eigenvalue weighted by molar-refractivity contribution is 0.633. The van der Waals surface area contributed by atoms with Crippen LogP contribution in [0.1, 0.15) is 15.3 Å². The van der Waals surface area contributed by atoms with Gasteiger partial charge in [0.1, 0.15) is 0 Å². The molecule has 44 valence electrons. The smallest absolute Gasteiger partial charge is 0.0134 e. The van der Waals surface area contributed by atoms with Crippen LogP contribution in [0.2, 0.25) is 0 Å². The molecule has 1 heteroatoms. The van der Waals surface area contributed by atoms with Crippen molar-refractivity contribution in [2.75, 3.05) is 6.54 Å². The molecule has 0 aromatic heterocycles. The minimum atomic E-state index is 0. The van der Waals surface area contributed by atoms with Crippen LogP contribution in [0.3, 0.4) is 0 Å². The van der Waals surface area contributed by atoms with Gasteiger partial charge in [-0.25, -0.2) is 0 Å². The first kappa shape index (κ1) is 6.70. The summed E-state index contributed by atoms with van der Waals surface area (Å²) in [6.45, 7) is 8.71. The standard InChI is InChI=1S/C6H13N.H2/c1-4-5-7-6(2)3;/h4,6-7H,1,5H2,2-3H3;1H. The lowest BCUT2D eigenvalue weighted by Crippen LogP contribution is -2.21. The Morgan fingerprint density at radius 1 is 1.86 bits per heavy atom. The van der Waals surface area contributed by atoms with Gasteiger partial charge in [-0.2, -0.15) is 0 Å². The molecular weight excluding hydrogens is 86.1 g/mol. The van der Waals surface area contributed by atoms with Gasteiger partial charge in [-0.3, -0.25) is 0 Å². The fourth-order valence-electron chi connectivity index (χ4n) is 0.319. The van der Waals surface area contributed by atoms with Crippen LogP contribution in [-0.2, 0) is 0 Å². The van der Waals surface area contributed by atoms with E-state index >= 15 is 0 Å². The molecule has 0 unspecified atom stereocenters. The zero-order chi connectivity index (χ0) is 5.70. The van der Waals surface area contributed by atoms with Gasteiger partial charge in [-0.1, -0.05) is 19.9 Å². The van der Waals surface area contributed by atoms with E-state index < -0.39 is 0 Å². The lowest BCUT2D eigenvalue weighted by Gasteiger charge is -2.01. The van der Waals surface area contributed by atoms with Crippen molar-refractivity contribution < 1.29 is 1.43 Å². The van der Waals surface area contributed by atoms with E-state index in [1.165, 1.54) is 0 Å². The van der Waals surface area contributed by atoms with Gasteiger partial charge < -0.3 is 5.32 Å². The Balaban J connectivity index is 0. The molecule has 7 heavy (non-hydrogen) atoms. The van der Waals surface area contributed by atoms with Crippen LogP contribution < -0.4 is 5.32 Å². The Hall–Kier alpha value is -0.300. The highest BCUT2D eigenvalue weighted by molar-refractivity contribution is 4.70. The molecule has 1 N–H and O–H groups in total. The first-order chi connectivity index (χ1) is 3.27.